The Bertz CT molecular complexity index is 1270. The van der Waals surface area contributed by atoms with Crippen LogP contribution in [-0.2, 0) is 4.79 Å². The third kappa shape index (κ3) is 2.50. The van der Waals surface area contributed by atoms with Crippen molar-refractivity contribution < 1.29 is 4.79 Å². The smallest absolute Gasteiger partial charge is 0.270 e. The minimum atomic E-state index is -0.311. The molecular formula is C20H14N6O2. The van der Waals surface area contributed by atoms with Crippen LogP contribution in [0.2, 0.25) is 0 Å². The minimum Gasteiger partial charge on any atom is -0.272 e. The van der Waals surface area contributed by atoms with E-state index in [1.807, 2.05) is 48.5 Å². The number of amides is 1. The van der Waals surface area contributed by atoms with Gasteiger partial charge in [-0.2, -0.15) is 15.2 Å². The lowest BCUT2D eigenvalue weighted by atomic mass is 10.3. The van der Waals surface area contributed by atoms with Gasteiger partial charge in [-0.05, 0) is 24.3 Å². The quantitative estimate of drug-likeness (QED) is 0.541. The Kier molecular flexibility index (Phi) is 3.61. The average molecular weight is 370 g/mol. The van der Waals surface area contributed by atoms with E-state index >= 15 is 0 Å². The van der Waals surface area contributed by atoms with Crippen molar-refractivity contribution in [3.8, 4) is 5.69 Å². The van der Waals surface area contributed by atoms with Crippen molar-refractivity contribution in [3.05, 3.63) is 83.5 Å². The molecule has 0 bridgehead atoms. The maximum atomic E-state index is 13.0. The standard InChI is InChI=1S/C20H14N6O2/c27-18-11-17(23-25(18)14-7-3-1-4-8-14)24-13-21-19-16(20(24)28)12-22-26(19)15-9-5-2-6-10-15/h1-10,12-13H,11H2. The van der Waals surface area contributed by atoms with Crippen LogP contribution in [0.5, 0.6) is 0 Å². The Morgan fingerprint density at radius 1 is 0.857 bits per heavy atom. The van der Waals surface area contributed by atoms with Gasteiger partial charge in [0.2, 0.25) is 0 Å². The van der Waals surface area contributed by atoms with Gasteiger partial charge in [-0.1, -0.05) is 36.4 Å². The van der Waals surface area contributed by atoms with E-state index in [2.05, 4.69) is 15.2 Å². The summed E-state index contributed by atoms with van der Waals surface area (Å²) in [4.78, 5) is 29.7. The third-order valence-corrected chi connectivity index (χ3v) is 4.53. The lowest BCUT2D eigenvalue weighted by Gasteiger charge is -2.10. The van der Waals surface area contributed by atoms with Crippen LogP contribution in [0.3, 0.4) is 0 Å². The zero-order chi connectivity index (χ0) is 19.1. The third-order valence-electron chi connectivity index (χ3n) is 4.53. The zero-order valence-electron chi connectivity index (χ0n) is 14.6. The van der Waals surface area contributed by atoms with E-state index in [0.29, 0.717) is 22.6 Å². The monoisotopic (exact) mass is 370 g/mol. The topological polar surface area (TPSA) is 85.4 Å². The van der Waals surface area contributed by atoms with Crippen molar-refractivity contribution in [2.24, 2.45) is 5.10 Å². The van der Waals surface area contributed by atoms with Crippen LogP contribution in [0, 0.1) is 0 Å². The summed E-state index contributed by atoms with van der Waals surface area (Å²) in [5, 5.41) is 10.3. The van der Waals surface area contributed by atoms with Crippen LogP contribution in [0.1, 0.15) is 6.42 Å². The fraction of sp³-hybridized carbons (Fsp3) is 0.0500. The van der Waals surface area contributed by atoms with Gasteiger partial charge >= 0.3 is 0 Å². The van der Waals surface area contributed by atoms with Gasteiger partial charge in [0.15, 0.2) is 5.65 Å². The van der Waals surface area contributed by atoms with Gasteiger partial charge in [-0.15, -0.1) is 0 Å². The molecule has 4 aromatic rings. The molecule has 5 rings (SSSR count). The fourth-order valence-corrected chi connectivity index (χ4v) is 3.17. The highest BCUT2D eigenvalue weighted by molar-refractivity contribution is 6.13. The molecular weight excluding hydrogens is 356 g/mol. The molecule has 2 aromatic heterocycles. The second-order valence-electron chi connectivity index (χ2n) is 6.28. The number of fused-ring (bicyclic) bond motifs is 1. The minimum absolute atomic E-state index is 0.0226. The van der Waals surface area contributed by atoms with Crippen LogP contribution in [-0.4, -0.2) is 31.1 Å². The summed E-state index contributed by atoms with van der Waals surface area (Å²) in [6, 6.07) is 18.6. The number of carbonyl (C=O) groups is 1. The molecule has 1 aliphatic rings. The number of rotatable bonds is 2. The van der Waals surface area contributed by atoms with E-state index < -0.39 is 0 Å². The second-order valence-corrected chi connectivity index (χ2v) is 6.28. The molecule has 1 aliphatic heterocycles. The van der Waals surface area contributed by atoms with Gasteiger partial charge in [-0.3, -0.25) is 14.2 Å². The van der Waals surface area contributed by atoms with Gasteiger partial charge in [0.1, 0.15) is 17.5 Å². The Hall–Kier alpha value is -4.07. The molecule has 0 saturated heterocycles. The molecule has 0 radical (unpaired) electrons. The zero-order valence-corrected chi connectivity index (χ0v) is 14.6. The molecule has 0 spiro atoms. The van der Waals surface area contributed by atoms with E-state index in [1.54, 1.807) is 16.8 Å². The molecule has 0 unspecified atom stereocenters. The van der Waals surface area contributed by atoms with Crippen molar-refractivity contribution in [2.75, 3.05) is 5.01 Å². The lowest BCUT2D eigenvalue weighted by molar-refractivity contribution is -0.116. The number of anilines is 1. The van der Waals surface area contributed by atoms with Crippen LogP contribution in [0.25, 0.3) is 16.7 Å². The summed E-state index contributed by atoms with van der Waals surface area (Å²) in [5.41, 5.74) is 1.61. The highest BCUT2D eigenvalue weighted by Crippen LogP contribution is 2.20. The number of hydrogen-bond acceptors (Lipinski definition) is 5. The molecule has 2 aromatic carbocycles. The molecule has 0 saturated carbocycles. The summed E-state index contributed by atoms with van der Waals surface area (Å²) in [5.74, 6) is 0.133. The fourth-order valence-electron chi connectivity index (χ4n) is 3.17. The van der Waals surface area contributed by atoms with Crippen molar-refractivity contribution in [1.82, 2.24) is 19.3 Å². The average Bonchev–Trinajstić information content (AvgIpc) is 3.34. The van der Waals surface area contributed by atoms with Crippen LogP contribution < -0.4 is 10.6 Å². The van der Waals surface area contributed by atoms with Gasteiger partial charge in [0.25, 0.3) is 11.5 Å². The Morgan fingerprint density at radius 2 is 1.54 bits per heavy atom. The molecule has 1 amide bonds. The van der Waals surface area contributed by atoms with Crippen molar-refractivity contribution in [2.45, 2.75) is 6.42 Å². The van der Waals surface area contributed by atoms with E-state index in [9.17, 15) is 9.59 Å². The predicted octanol–water partition coefficient (Wildman–Crippen LogP) is 2.18. The molecule has 0 N–H and O–H groups in total. The maximum Gasteiger partial charge on any atom is 0.270 e. The summed E-state index contributed by atoms with van der Waals surface area (Å²) in [6.45, 7) is 0. The Labute approximate surface area is 159 Å². The van der Waals surface area contributed by atoms with Crippen LogP contribution in [0.15, 0.2) is 83.1 Å². The summed E-state index contributed by atoms with van der Waals surface area (Å²) >= 11 is 0. The normalized spacial score (nSPS) is 13.9. The Balaban J connectivity index is 1.59. The largest absolute Gasteiger partial charge is 0.272 e. The highest BCUT2D eigenvalue weighted by Gasteiger charge is 2.27. The van der Waals surface area contributed by atoms with E-state index in [1.165, 1.54) is 22.1 Å². The first-order chi connectivity index (χ1) is 13.7. The number of hydrogen-bond donors (Lipinski definition) is 0. The maximum absolute atomic E-state index is 13.0. The van der Waals surface area contributed by atoms with Crippen LogP contribution >= 0.6 is 0 Å². The van der Waals surface area contributed by atoms with E-state index in [0.717, 1.165) is 5.69 Å². The first-order valence-corrected chi connectivity index (χ1v) is 8.69. The summed E-state index contributed by atoms with van der Waals surface area (Å²) in [6.07, 6.45) is 2.90. The summed E-state index contributed by atoms with van der Waals surface area (Å²) < 4.78 is 2.92. The van der Waals surface area contributed by atoms with Crippen molar-refractivity contribution >= 4 is 28.5 Å². The highest BCUT2D eigenvalue weighted by atomic mass is 16.2. The molecule has 28 heavy (non-hydrogen) atoms. The first kappa shape index (κ1) is 16.1. The molecule has 8 nitrogen and oxygen atoms in total. The number of hydrazone groups is 1. The number of carbonyl (C=O) groups excluding carboxylic acids is 1. The van der Waals surface area contributed by atoms with E-state index in [4.69, 9.17) is 0 Å². The molecule has 0 atom stereocenters. The van der Waals surface area contributed by atoms with Crippen molar-refractivity contribution in [1.29, 1.82) is 0 Å². The first-order valence-electron chi connectivity index (χ1n) is 8.69. The summed E-state index contributed by atoms with van der Waals surface area (Å²) in [7, 11) is 0. The van der Waals surface area contributed by atoms with Gasteiger partial charge in [-0.25, -0.2) is 9.67 Å². The lowest BCUT2D eigenvalue weighted by Crippen LogP contribution is -2.26. The van der Waals surface area contributed by atoms with Gasteiger partial charge in [0, 0.05) is 0 Å². The van der Waals surface area contributed by atoms with Gasteiger partial charge in [0.05, 0.1) is 24.0 Å². The second kappa shape index (κ2) is 6.27. The molecule has 8 heteroatoms. The number of benzene rings is 2. The Morgan fingerprint density at radius 3 is 2.25 bits per heavy atom. The molecule has 0 aliphatic carbocycles. The molecule has 3 heterocycles. The predicted molar refractivity (Wildman–Crippen MR) is 105 cm³/mol. The number of aromatic nitrogens is 4. The number of nitrogens with zero attached hydrogens (tertiary/aromatic N) is 6. The van der Waals surface area contributed by atoms with Crippen molar-refractivity contribution in [3.63, 3.8) is 0 Å². The van der Waals surface area contributed by atoms with Crippen LogP contribution in [0.4, 0.5) is 5.69 Å². The van der Waals surface area contributed by atoms with Gasteiger partial charge < -0.3 is 0 Å². The SMILES string of the molecule is O=C1CC(n2cnc3c(cnn3-c3ccccc3)c2=O)=NN1c1ccccc1. The number of para-hydroxylation sites is 2. The van der Waals surface area contributed by atoms with E-state index in [-0.39, 0.29) is 17.9 Å². The molecule has 0 fully saturated rings. The molecule has 136 valence electrons.